The average molecular weight is 492 g/mol. The van der Waals surface area contributed by atoms with Gasteiger partial charge < -0.3 is 15.5 Å². The van der Waals surface area contributed by atoms with Crippen LogP contribution in [-0.2, 0) is 0 Å². The minimum atomic E-state index is -0.240. The summed E-state index contributed by atoms with van der Waals surface area (Å²) < 4.78 is 0. The summed E-state index contributed by atoms with van der Waals surface area (Å²) in [5, 5.41) is 6.61. The molecule has 184 valence electrons. The zero-order valence-electron chi connectivity index (χ0n) is 20.8. The highest BCUT2D eigenvalue weighted by Gasteiger charge is 2.18. The third kappa shape index (κ3) is 7.09. The Morgan fingerprint density at radius 3 is 2.00 bits per heavy atom. The maximum atomic E-state index is 13.2. The van der Waals surface area contributed by atoms with Crippen molar-refractivity contribution in [2.75, 3.05) is 23.3 Å². The first kappa shape index (κ1) is 26.3. The van der Waals surface area contributed by atoms with E-state index in [9.17, 15) is 9.59 Å². The van der Waals surface area contributed by atoms with Crippen molar-refractivity contribution in [2.45, 2.75) is 46.0 Å². The van der Waals surface area contributed by atoms with Gasteiger partial charge in [0.1, 0.15) is 0 Å². The summed E-state index contributed by atoms with van der Waals surface area (Å²) >= 11 is 5.99. The Morgan fingerprint density at radius 2 is 1.43 bits per heavy atom. The molecule has 0 saturated carbocycles. The molecule has 0 unspecified atom stereocenters. The van der Waals surface area contributed by atoms with Gasteiger partial charge in [-0.2, -0.15) is 0 Å². The van der Waals surface area contributed by atoms with Gasteiger partial charge in [0.2, 0.25) is 0 Å². The number of hydrogen-bond acceptors (Lipinski definition) is 2. The van der Waals surface area contributed by atoms with E-state index >= 15 is 0 Å². The molecule has 0 saturated heterocycles. The number of rotatable bonds is 9. The van der Waals surface area contributed by atoms with Crippen LogP contribution in [0.25, 0.3) is 0 Å². The van der Waals surface area contributed by atoms with E-state index in [1.54, 1.807) is 29.2 Å². The molecule has 0 aliphatic heterocycles. The van der Waals surface area contributed by atoms with E-state index in [1.165, 1.54) is 0 Å². The highest BCUT2D eigenvalue weighted by atomic mass is 35.5. The highest BCUT2D eigenvalue weighted by Crippen LogP contribution is 2.32. The number of benzene rings is 3. The van der Waals surface area contributed by atoms with Crippen LogP contribution in [0, 0.1) is 0 Å². The number of carbonyl (C=O) groups excluding carboxylic acids is 2. The van der Waals surface area contributed by atoms with E-state index in [1.807, 2.05) is 36.4 Å². The average Bonchev–Trinajstić information content (AvgIpc) is 2.84. The third-order valence-electron chi connectivity index (χ3n) is 5.86. The van der Waals surface area contributed by atoms with Gasteiger partial charge in [0.25, 0.3) is 5.91 Å². The van der Waals surface area contributed by atoms with Crippen LogP contribution in [-0.4, -0.2) is 25.0 Å². The molecule has 3 amide bonds. The van der Waals surface area contributed by atoms with Crippen LogP contribution >= 0.6 is 11.6 Å². The molecule has 0 atom stereocenters. The number of halogens is 1. The predicted octanol–water partition coefficient (Wildman–Crippen LogP) is 7.45. The van der Waals surface area contributed by atoms with Crippen molar-refractivity contribution in [2.24, 2.45) is 0 Å². The first-order valence-electron chi connectivity index (χ1n) is 12.1. The molecular formula is C29H34ClN3O2. The molecule has 3 aromatic rings. The van der Waals surface area contributed by atoms with Crippen LogP contribution in [0.3, 0.4) is 0 Å². The molecular weight excluding hydrogens is 458 g/mol. The summed E-state index contributed by atoms with van der Waals surface area (Å²) in [6, 6.07) is 22.3. The van der Waals surface area contributed by atoms with E-state index < -0.39 is 0 Å². The minimum Gasteiger partial charge on any atom is -0.338 e. The van der Waals surface area contributed by atoms with Gasteiger partial charge in [0, 0.05) is 35.1 Å². The second-order valence-electron chi connectivity index (χ2n) is 9.15. The van der Waals surface area contributed by atoms with Gasteiger partial charge >= 0.3 is 6.03 Å². The summed E-state index contributed by atoms with van der Waals surface area (Å²) in [6.07, 6.45) is 0.602. The van der Waals surface area contributed by atoms with Crippen LogP contribution < -0.4 is 15.5 Å². The summed E-state index contributed by atoms with van der Waals surface area (Å²) in [4.78, 5) is 27.7. The van der Waals surface area contributed by atoms with Crippen molar-refractivity contribution in [1.29, 1.82) is 0 Å². The lowest BCUT2D eigenvalue weighted by Crippen LogP contribution is -2.35. The molecule has 3 aromatic carbocycles. The van der Waals surface area contributed by atoms with Crippen molar-refractivity contribution in [3.8, 4) is 0 Å². The van der Waals surface area contributed by atoms with Crippen LogP contribution in [0.4, 0.5) is 16.2 Å². The summed E-state index contributed by atoms with van der Waals surface area (Å²) in [5.41, 5.74) is 4.50. The Morgan fingerprint density at radius 1 is 0.829 bits per heavy atom. The second kappa shape index (κ2) is 12.4. The number of anilines is 2. The fourth-order valence-electron chi connectivity index (χ4n) is 4.00. The molecule has 0 spiro atoms. The Balaban J connectivity index is 1.64. The Kier molecular flexibility index (Phi) is 9.32. The standard InChI is InChI=1S/C29H34ClN3O2/c1-20(2)25-12-8-13-26(21(3)4)27(25)32-29(35)31-18-9-19-33(24-10-6-5-7-11-24)28(34)22-14-16-23(30)17-15-22/h5-8,10-17,20-21H,9,18-19H2,1-4H3,(H2,31,32,35). The Bertz CT molecular complexity index is 1100. The summed E-state index contributed by atoms with van der Waals surface area (Å²) in [6.45, 7) is 9.39. The van der Waals surface area contributed by atoms with E-state index in [-0.39, 0.29) is 11.9 Å². The van der Waals surface area contributed by atoms with Gasteiger partial charge in [-0.25, -0.2) is 4.79 Å². The lowest BCUT2D eigenvalue weighted by molar-refractivity contribution is 0.0986. The maximum absolute atomic E-state index is 13.2. The third-order valence-corrected chi connectivity index (χ3v) is 6.11. The quantitative estimate of drug-likeness (QED) is 0.305. The monoisotopic (exact) mass is 491 g/mol. The predicted molar refractivity (Wildman–Crippen MR) is 146 cm³/mol. The topological polar surface area (TPSA) is 61.4 Å². The van der Waals surface area contributed by atoms with E-state index in [0.717, 1.165) is 22.5 Å². The number of amides is 3. The zero-order valence-corrected chi connectivity index (χ0v) is 21.6. The van der Waals surface area contributed by atoms with Gasteiger partial charge in [-0.05, 0) is 65.8 Å². The van der Waals surface area contributed by atoms with Gasteiger partial charge in [0.05, 0.1) is 0 Å². The van der Waals surface area contributed by atoms with E-state index in [0.29, 0.717) is 41.9 Å². The molecule has 35 heavy (non-hydrogen) atoms. The lowest BCUT2D eigenvalue weighted by Gasteiger charge is -2.23. The fourth-order valence-corrected chi connectivity index (χ4v) is 4.12. The zero-order chi connectivity index (χ0) is 25.4. The Labute approximate surface area is 213 Å². The van der Waals surface area contributed by atoms with E-state index in [2.05, 4.69) is 50.5 Å². The molecule has 0 aliphatic carbocycles. The second-order valence-corrected chi connectivity index (χ2v) is 9.59. The van der Waals surface area contributed by atoms with Crippen molar-refractivity contribution in [3.05, 3.63) is 94.5 Å². The van der Waals surface area contributed by atoms with Crippen LogP contribution in [0.2, 0.25) is 5.02 Å². The summed E-state index contributed by atoms with van der Waals surface area (Å²) in [7, 11) is 0. The normalized spacial score (nSPS) is 10.9. The minimum absolute atomic E-state index is 0.107. The molecule has 0 bridgehead atoms. The molecule has 0 fully saturated rings. The van der Waals surface area contributed by atoms with Gasteiger partial charge in [-0.1, -0.05) is 75.7 Å². The maximum Gasteiger partial charge on any atom is 0.319 e. The number of nitrogens with zero attached hydrogens (tertiary/aromatic N) is 1. The number of hydrogen-bond donors (Lipinski definition) is 2. The number of carbonyl (C=O) groups is 2. The first-order chi connectivity index (χ1) is 16.8. The van der Waals surface area contributed by atoms with Crippen molar-refractivity contribution >= 4 is 34.9 Å². The van der Waals surface area contributed by atoms with Crippen molar-refractivity contribution < 1.29 is 9.59 Å². The summed E-state index contributed by atoms with van der Waals surface area (Å²) in [5.74, 6) is 0.481. The molecule has 6 heteroatoms. The smallest absolute Gasteiger partial charge is 0.319 e. The number of para-hydroxylation sites is 2. The Hall–Kier alpha value is -3.31. The first-order valence-corrected chi connectivity index (χ1v) is 12.5. The molecule has 3 rings (SSSR count). The highest BCUT2D eigenvalue weighted by molar-refractivity contribution is 6.30. The van der Waals surface area contributed by atoms with Crippen LogP contribution in [0.1, 0.15) is 67.4 Å². The van der Waals surface area contributed by atoms with Crippen molar-refractivity contribution in [1.82, 2.24) is 5.32 Å². The van der Waals surface area contributed by atoms with Gasteiger partial charge in [0.15, 0.2) is 0 Å². The molecule has 0 radical (unpaired) electrons. The molecule has 0 aromatic heterocycles. The largest absolute Gasteiger partial charge is 0.338 e. The molecule has 5 nitrogen and oxygen atoms in total. The number of nitrogens with one attached hydrogen (secondary N) is 2. The van der Waals surface area contributed by atoms with Crippen molar-refractivity contribution in [3.63, 3.8) is 0 Å². The fraction of sp³-hybridized carbons (Fsp3) is 0.310. The SMILES string of the molecule is CC(C)c1cccc(C(C)C)c1NC(=O)NCCCN(C(=O)c1ccc(Cl)cc1)c1ccccc1. The van der Waals surface area contributed by atoms with Gasteiger partial charge in [-0.3, -0.25) is 4.79 Å². The van der Waals surface area contributed by atoms with Crippen LogP contribution in [0.5, 0.6) is 0 Å². The number of urea groups is 1. The van der Waals surface area contributed by atoms with E-state index in [4.69, 9.17) is 11.6 Å². The van der Waals surface area contributed by atoms with Crippen LogP contribution in [0.15, 0.2) is 72.8 Å². The lowest BCUT2D eigenvalue weighted by atomic mass is 9.93. The van der Waals surface area contributed by atoms with Gasteiger partial charge in [-0.15, -0.1) is 0 Å². The molecule has 0 heterocycles. The molecule has 0 aliphatic rings. The molecule has 2 N–H and O–H groups in total.